The highest BCUT2D eigenvalue weighted by molar-refractivity contribution is 7.47. The van der Waals surface area contributed by atoms with Gasteiger partial charge in [0.05, 0.1) is 26.4 Å². The summed E-state index contributed by atoms with van der Waals surface area (Å²) in [5.74, 6) is 0.820. The van der Waals surface area contributed by atoms with Crippen LogP contribution in [-0.4, -0.2) is 96.7 Å². The maximum absolute atomic E-state index is 13.0. The number of carbonyl (C=O) groups is 4. The summed E-state index contributed by atoms with van der Waals surface area (Å²) in [5, 5.41) is 10.6. The number of carbonyl (C=O) groups excluding carboxylic acids is 4. The number of esters is 4. The number of rotatable bonds is 68. The molecular weight excluding hydrogens is 1190 g/mol. The number of hydrogen-bond donors (Lipinski definition) is 3. The lowest BCUT2D eigenvalue weighted by molar-refractivity contribution is -0.161. The maximum atomic E-state index is 13.0. The van der Waals surface area contributed by atoms with Crippen molar-refractivity contribution in [3.8, 4) is 0 Å². The lowest BCUT2D eigenvalue weighted by Crippen LogP contribution is -2.30. The number of aliphatic hydroxyl groups excluding tert-OH is 1. The van der Waals surface area contributed by atoms with Gasteiger partial charge in [0.15, 0.2) is 12.2 Å². The molecule has 0 spiro atoms. The Morgan fingerprint density at radius 3 is 0.689 bits per heavy atom. The van der Waals surface area contributed by atoms with Gasteiger partial charge in [0, 0.05) is 25.7 Å². The van der Waals surface area contributed by atoms with Crippen LogP contribution < -0.4 is 0 Å². The van der Waals surface area contributed by atoms with E-state index in [1.54, 1.807) is 0 Å². The molecule has 0 aliphatic rings. The predicted molar refractivity (Wildman–Crippen MR) is 363 cm³/mol. The van der Waals surface area contributed by atoms with Crippen molar-refractivity contribution in [2.45, 2.75) is 369 Å². The molecule has 0 aromatic heterocycles. The molecule has 0 amide bonds. The second kappa shape index (κ2) is 60.7. The summed E-state index contributed by atoms with van der Waals surface area (Å²) in [6, 6.07) is 0. The van der Waals surface area contributed by atoms with E-state index in [1.807, 2.05) is 0 Å². The third-order valence-electron chi connectivity index (χ3n) is 16.3. The molecule has 5 atom stereocenters. The van der Waals surface area contributed by atoms with Crippen LogP contribution in [0.3, 0.4) is 0 Å². The van der Waals surface area contributed by atoms with Crippen LogP contribution in [0.1, 0.15) is 351 Å². The van der Waals surface area contributed by atoms with Crippen LogP contribution in [0.2, 0.25) is 0 Å². The second-order valence-electron chi connectivity index (χ2n) is 27.5. The highest BCUT2D eigenvalue weighted by Crippen LogP contribution is 2.45. The molecule has 19 heteroatoms. The predicted octanol–water partition coefficient (Wildman–Crippen LogP) is 20.1. The summed E-state index contributed by atoms with van der Waals surface area (Å²) in [7, 11) is -9.90. The molecule has 0 heterocycles. The molecule has 0 aromatic rings. The molecule has 17 nitrogen and oxygen atoms in total. The largest absolute Gasteiger partial charge is 0.472 e. The highest BCUT2D eigenvalue weighted by atomic mass is 31.2. The molecule has 0 radical (unpaired) electrons. The van der Waals surface area contributed by atoms with Gasteiger partial charge in [-0.2, -0.15) is 0 Å². The van der Waals surface area contributed by atoms with Crippen LogP contribution in [0.4, 0.5) is 0 Å². The van der Waals surface area contributed by atoms with E-state index in [4.69, 9.17) is 37.0 Å². The van der Waals surface area contributed by atoms with E-state index in [0.29, 0.717) is 31.6 Å². The third kappa shape index (κ3) is 64.8. The zero-order valence-electron chi connectivity index (χ0n) is 58.8. The van der Waals surface area contributed by atoms with Crippen LogP contribution in [0.5, 0.6) is 0 Å². The van der Waals surface area contributed by atoms with Crippen LogP contribution in [-0.2, 0) is 65.4 Å². The number of phosphoric ester groups is 2. The fraction of sp³-hybridized carbons (Fsp3) is 0.944. The molecule has 3 N–H and O–H groups in total. The van der Waals surface area contributed by atoms with Gasteiger partial charge >= 0.3 is 39.5 Å². The van der Waals surface area contributed by atoms with E-state index in [2.05, 4.69) is 55.4 Å². The fourth-order valence-electron chi connectivity index (χ4n) is 10.7. The van der Waals surface area contributed by atoms with Crippen LogP contribution >= 0.6 is 15.6 Å². The molecule has 0 saturated heterocycles. The number of aliphatic hydroxyl groups is 1. The quantitative estimate of drug-likeness (QED) is 0.0222. The second-order valence-corrected chi connectivity index (χ2v) is 30.4. The SMILES string of the molecule is CC(C)CCCCCCCCCCCCCCCCCC(=O)O[C@H](COC(=O)CCCCCCCCCCC(C)C)COP(=O)(O)OCC(O)COP(=O)(O)OC[C@@H](COC(=O)CCCCCCCCCCC(C)C)OC(=O)CCCCCCCCCC(C)C. The maximum Gasteiger partial charge on any atom is 0.472 e. The highest BCUT2D eigenvalue weighted by Gasteiger charge is 2.30. The number of ether oxygens (including phenoxy) is 4. The minimum atomic E-state index is -4.95. The van der Waals surface area contributed by atoms with Crippen molar-refractivity contribution in [2.24, 2.45) is 23.7 Å². The zero-order chi connectivity index (χ0) is 66.8. The molecule has 3 unspecified atom stereocenters. The van der Waals surface area contributed by atoms with E-state index < -0.39 is 97.5 Å². The Bertz CT molecular complexity index is 1780. The standard InChI is InChI=1S/C71H138O17P2/c1-61(2)47-39-31-23-16-14-12-10-9-11-13-15-17-29-37-45-53-70(75)87-66(57-81-68(73)51-43-35-27-20-18-24-32-40-48-62(3)4)59-85-89(77,78)83-55-65(72)56-84-90(79,80)86-60-67(88-71(76)54-46-38-30-22-26-34-42-50-64(7)8)58-82-69(74)52-44-36-28-21-19-25-33-41-49-63(5)6/h61-67,72H,9-60H2,1-8H3,(H,77,78)(H,79,80)/t65?,66-,67-/m1/s1. The van der Waals surface area contributed by atoms with Gasteiger partial charge < -0.3 is 33.8 Å². The van der Waals surface area contributed by atoms with Gasteiger partial charge in [0.25, 0.3) is 0 Å². The monoisotopic (exact) mass is 1320 g/mol. The van der Waals surface area contributed by atoms with Gasteiger partial charge in [-0.05, 0) is 49.4 Å². The molecule has 0 aromatic carbocycles. The average Bonchev–Trinajstić information content (AvgIpc) is 3.61. The third-order valence-corrected chi connectivity index (χ3v) is 18.2. The first kappa shape index (κ1) is 88.1. The van der Waals surface area contributed by atoms with Gasteiger partial charge in [-0.3, -0.25) is 37.3 Å². The van der Waals surface area contributed by atoms with Gasteiger partial charge in [-0.1, -0.05) is 299 Å². The Morgan fingerprint density at radius 1 is 0.278 bits per heavy atom. The Morgan fingerprint density at radius 2 is 0.467 bits per heavy atom. The molecule has 0 rings (SSSR count). The van der Waals surface area contributed by atoms with Crippen molar-refractivity contribution < 1.29 is 80.2 Å². The smallest absolute Gasteiger partial charge is 0.462 e. The Balaban J connectivity index is 5.22. The Labute approximate surface area is 549 Å². The number of unbranched alkanes of at least 4 members (excludes halogenated alkanes) is 34. The van der Waals surface area contributed by atoms with Crippen molar-refractivity contribution in [1.29, 1.82) is 0 Å². The molecule has 0 fully saturated rings. The van der Waals surface area contributed by atoms with Crippen molar-refractivity contribution in [1.82, 2.24) is 0 Å². The molecule has 0 saturated carbocycles. The summed E-state index contributed by atoms with van der Waals surface area (Å²) in [4.78, 5) is 72.5. The summed E-state index contributed by atoms with van der Waals surface area (Å²) in [6.07, 6.45) is 43.3. The first-order chi connectivity index (χ1) is 43.1. The van der Waals surface area contributed by atoms with Crippen molar-refractivity contribution in [2.75, 3.05) is 39.6 Å². The van der Waals surface area contributed by atoms with Crippen LogP contribution in [0.15, 0.2) is 0 Å². The molecule has 0 aliphatic carbocycles. The summed E-state index contributed by atoms with van der Waals surface area (Å²) < 4.78 is 68.3. The first-order valence-electron chi connectivity index (χ1n) is 36.7. The van der Waals surface area contributed by atoms with Crippen LogP contribution in [0.25, 0.3) is 0 Å². The van der Waals surface area contributed by atoms with Gasteiger partial charge in [-0.15, -0.1) is 0 Å². The normalized spacial score (nSPS) is 14.3. The minimum absolute atomic E-state index is 0.102. The lowest BCUT2D eigenvalue weighted by Gasteiger charge is -2.21. The molecule has 90 heavy (non-hydrogen) atoms. The molecular formula is C71H138O17P2. The van der Waals surface area contributed by atoms with Crippen molar-refractivity contribution >= 4 is 39.5 Å². The average molecular weight is 1330 g/mol. The first-order valence-corrected chi connectivity index (χ1v) is 39.7. The molecule has 534 valence electrons. The zero-order valence-corrected chi connectivity index (χ0v) is 60.6. The van der Waals surface area contributed by atoms with E-state index in [9.17, 15) is 43.2 Å². The van der Waals surface area contributed by atoms with Gasteiger partial charge in [0.2, 0.25) is 0 Å². The van der Waals surface area contributed by atoms with Crippen molar-refractivity contribution in [3.05, 3.63) is 0 Å². The molecule has 0 bridgehead atoms. The van der Waals surface area contributed by atoms with E-state index >= 15 is 0 Å². The Kier molecular flexibility index (Phi) is 59.4. The van der Waals surface area contributed by atoms with Crippen molar-refractivity contribution in [3.63, 3.8) is 0 Å². The lowest BCUT2D eigenvalue weighted by atomic mass is 10.0. The summed E-state index contributed by atoms with van der Waals surface area (Å²) >= 11 is 0. The number of phosphoric acid groups is 2. The Hall–Kier alpha value is -1.94. The molecule has 0 aliphatic heterocycles. The van der Waals surface area contributed by atoms with E-state index in [0.717, 1.165) is 108 Å². The van der Waals surface area contributed by atoms with Gasteiger partial charge in [-0.25, -0.2) is 9.13 Å². The minimum Gasteiger partial charge on any atom is -0.462 e. The van der Waals surface area contributed by atoms with Gasteiger partial charge in [0.1, 0.15) is 19.3 Å². The van der Waals surface area contributed by atoms with Crippen LogP contribution in [0, 0.1) is 23.7 Å². The summed E-state index contributed by atoms with van der Waals surface area (Å²) in [5.41, 5.74) is 0. The number of hydrogen-bond acceptors (Lipinski definition) is 15. The summed E-state index contributed by atoms with van der Waals surface area (Å²) in [6.45, 7) is 14.0. The topological polar surface area (TPSA) is 237 Å². The van der Waals surface area contributed by atoms with E-state index in [-0.39, 0.29) is 25.7 Å². The van der Waals surface area contributed by atoms with E-state index in [1.165, 1.54) is 154 Å². The fourth-order valence-corrected chi connectivity index (χ4v) is 12.2.